The van der Waals surface area contributed by atoms with Crippen molar-refractivity contribution in [2.24, 2.45) is 34.6 Å². The highest BCUT2D eigenvalue weighted by Gasteiger charge is 2.15. The first kappa shape index (κ1) is 41.7. The maximum Gasteiger partial charge on any atom is 0.321 e. The molecule has 4 unspecified atom stereocenters. The molecule has 224 valence electrons. The van der Waals surface area contributed by atoms with Gasteiger partial charge in [0, 0.05) is 6.42 Å². The lowest BCUT2D eigenvalue weighted by Gasteiger charge is -2.07. The second kappa shape index (κ2) is 25.3. The molecule has 0 aliphatic heterocycles. The van der Waals surface area contributed by atoms with Crippen LogP contribution in [0, 0.1) is 5.92 Å². The fourth-order valence-electron chi connectivity index (χ4n) is 1.92. The van der Waals surface area contributed by atoms with Crippen LogP contribution in [0.4, 0.5) is 0 Å². The van der Waals surface area contributed by atoms with Gasteiger partial charge in [-0.15, -0.1) is 0 Å². The zero-order chi connectivity index (χ0) is 31.0. The number of hydrogen-bond acceptors (Lipinski definition) is 11. The van der Waals surface area contributed by atoms with Crippen molar-refractivity contribution >= 4 is 35.8 Å². The maximum absolute atomic E-state index is 10.1. The lowest BCUT2D eigenvalue weighted by Crippen LogP contribution is -2.32. The van der Waals surface area contributed by atoms with E-state index in [-0.39, 0.29) is 12.8 Å². The third-order valence-corrected chi connectivity index (χ3v) is 4.03. The van der Waals surface area contributed by atoms with Crippen LogP contribution in [0.15, 0.2) is 0 Å². The fraction of sp³-hybridized carbons (Fsp3) is 0.714. The number of rotatable bonds is 15. The van der Waals surface area contributed by atoms with E-state index in [9.17, 15) is 28.8 Å². The molecule has 0 aromatic carbocycles. The van der Waals surface area contributed by atoms with E-state index in [2.05, 4.69) is 0 Å². The second-order valence-electron chi connectivity index (χ2n) is 8.22. The Balaban J connectivity index is -0.000000203. The molecule has 0 aliphatic carbocycles. The molecular weight excluding hydrogens is 514 g/mol. The van der Waals surface area contributed by atoms with Crippen molar-refractivity contribution in [3.05, 3.63) is 0 Å². The summed E-state index contributed by atoms with van der Waals surface area (Å²) in [6, 6.07) is -3.75. The van der Waals surface area contributed by atoms with Gasteiger partial charge in [0.05, 0.1) is 6.42 Å². The molecule has 0 radical (unpaired) electrons. The van der Waals surface area contributed by atoms with Gasteiger partial charge in [0.15, 0.2) is 0 Å². The van der Waals surface area contributed by atoms with E-state index >= 15 is 0 Å². The maximum atomic E-state index is 10.1. The molecule has 4 atom stereocenters. The van der Waals surface area contributed by atoms with Crippen LogP contribution >= 0.6 is 0 Å². The SMILES string of the molecule is CC(C)CC(N)C(=O)O.NC(CC(=O)O)C(=O)O.NC(CCC(=O)O)C(=O)O.NCCCCC(N)C(=O)O. The quantitative estimate of drug-likeness (QED) is 0.0979. The van der Waals surface area contributed by atoms with E-state index in [0.29, 0.717) is 25.3 Å². The summed E-state index contributed by atoms with van der Waals surface area (Å²) < 4.78 is 0. The van der Waals surface area contributed by atoms with Crippen LogP contribution in [-0.2, 0) is 28.8 Å². The van der Waals surface area contributed by atoms with Gasteiger partial charge in [-0.1, -0.05) is 20.3 Å². The predicted molar refractivity (Wildman–Crippen MR) is 134 cm³/mol. The van der Waals surface area contributed by atoms with Crippen molar-refractivity contribution in [3.63, 3.8) is 0 Å². The Morgan fingerprint density at radius 2 is 0.974 bits per heavy atom. The van der Waals surface area contributed by atoms with E-state index in [0.717, 1.165) is 12.8 Å². The first-order valence-electron chi connectivity index (χ1n) is 11.4. The van der Waals surface area contributed by atoms with Crippen LogP contribution in [0.5, 0.6) is 0 Å². The van der Waals surface area contributed by atoms with Crippen LogP contribution < -0.4 is 28.7 Å². The van der Waals surface area contributed by atoms with Crippen LogP contribution in [0.2, 0.25) is 0 Å². The van der Waals surface area contributed by atoms with E-state index in [1.165, 1.54) is 0 Å². The average molecular weight is 558 g/mol. The molecule has 0 heterocycles. The van der Waals surface area contributed by atoms with Gasteiger partial charge >= 0.3 is 35.8 Å². The molecule has 0 spiro atoms. The standard InChI is InChI=1S/C6H14N2O2.C6H13NO2.C5H9NO4.C4H7NO4/c7-4-2-1-3-5(8)6(9)10;1-4(2)3-5(7)6(8)9;6-3(5(9)10)1-2-4(7)8;5-2(4(8)9)1-3(6)7/h5H,1-4,7-8H2,(H,9,10);4-5H,3,7H2,1-2H3,(H,8,9);3H,1-2,6H2,(H,7,8)(H,9,10);2H,1,5H2,(H,6,7)(H,8,9). The first-order chi connectivity index (χ1) is 17.3. The Bertz CT molecular complexity index is 721. The average Bonchev–Trinajstić information content (AvgIpc) is 2.77. The summed E-state index contributed by atoms with van der Waals surface area (Å²) in [4.78, 5) is 59.7. The number of hydrogen-bond donors (Lipinski definition) is 11. The third kappa shape index (κ3) is 34.8. The van der Waals surface area contributed by atoms with Crippen LogP contribution in [-0.4, -0.2) is 97.2 Å². The second-order valence-corrected chi connectivity index (χ2v) is 8.22. The molecule has 38 heavy (non-hydrogen) atoms. The Hall–Kier alpha value is -3.38. The van der Waals surface area contributed by atoms with Crippen LogP contribution in [0.25, 0.3) is 0 Å². The van der Waals surface area contributed by atoms with Crippen molar-refractivity contribution in [2.45, 2.75) is 83.0 Å². The molecule has 0 aromatic rings. The number of nitrogens with two attached hydrogens (primary N) is 5. The van der Waals surface area contributed by atoms with Gasteiger partial charge in [-0.2, -0.15) is 0 Å². The Kier molecular flexibility index (Phi) is 27.8. The highest BCUT2D eigenvalue weighted by atomic mass is 16.4. The van der Waals surface area contributed by atoms with E-state index in [4.69, 9.17) is 59.3 Å². The van der Waals surface area contributed by atoms with Crippen LogP contribution in [0.3, 0.4) is 0 Å². The van der Waals surface area contributed by atoms with Gasteiger partial charge in [0.1, 0.15) is 24.2 Å². The Morgan fingerprint density at radius 3 is 1.21 bits per heavy atom. The number of carboxylic acid groups (broad SMARTS) is 6. The van der Waals surface area contributed by atoms with Crippen molar-refractivity contribution < 1.29 is 59.4 Å². The minimum absolute atomic E-state index is 0.0231. The fourth-order valence-corrected chi connectivity index (χ4v) is 1.92. The highest BCUT2D eigenvalue weighted by Crippen LogP contribution is 2.01. The normalized spacial score (nSPS) is 12.9. The largest absolute Gasteiger partial charge is 0.481 e. The molecule has 0 bridgehead atoms. The zero-order valence-electron chi connectivity index (χ0n) is 21.6. The summed E-state index contributed by atoms with van der Waals surface area (Å²) in [5.41, 5.74) is 25.5. The summed E-state index contributed by atoms with van der Waals surface area (Å²) in [6.07, 6.45) is 1.96. The van der Waals surface area contributed by atoms with Gasteiger partial charge in [-0.25, -0.2) is 0 Å². The molecule has 0 aromatic heterocycles. The molecular formula is C21H43N5O12. The smallest absolute Gasteiger partial charge is 0.321 e. The number of aliphatic carboxylic acids is 6. The Labute approximate surface area is 219 Å². The molecule has 0 saturated carbocycles. The van der Waals surface area contributed by atoms with Crippen molar-refractivity contribution in [3.8, 4) is 0 Å². The summed E-state index contributed by atoms with van der Waals surface area (Å²) in [6.45, 7) is 4.50. The lowest BCUT2D eigenvalue weighted by atomic mass is 10.1. The van der Waals surface area contributed by atoms with Crippen molar-refractivity contribution in [1.82, 2.24) is 0 Å². The third-order valence-electron chi connectivity index (χ3n) is 4.03. The number of carboxylic acids is 6. The summed E-state index contributed by atoms with van der Waals surface area (Å²) in [5.74, 6) is -6.18. The van der Waals surface area contributed by atoms with Gasteiger partial charge in [-0.3, -0.25) is 28.8 Å². The van der Waals surface area contributed by atoms with Crippen LogP contribution in [0.1, 0.15) is 58.8 Å². The van der Waals surface area contributed by atoms with Crippen molar-refractivity contribution in [2.75, 3.05) is 6.54 Å². The van der Waals surface area contributed by atoms with E-state index in [1.807, 2.05) is 13.8 Å². The summed E-state index contributed by atoms with van der Waals surface area (Å²) >= 11 is 0. The summed E-state index contributed by atoms with van der Waals surface area (Å²) in [7, 11) is 0. The zero-order valence-corrected chi connectivity index (χ0v) is 21.6. The van der Waals surface area contributed by atoms with Crippen molar-refractivity contribution in [1.29, 1.82) is 0 Å². The molecule has 0 amide bonds. The topological polar surface area (TPSA) is 354 Å². The van der Waals surface area contributed by atoms with Gasteiger partial charge < -0.3 is 59.3 Å². The van der Waals surface area contributed by atoms with E-state index < -0.39 is 66.4 Å². The molecule has 17 nitrogen and oxygen atoms in total. The number of unbranched alkanes of at least 4 members (excludes halogenated alkanes) is 1. The summed E-state index contributed by atoms with van der Waals surface area (Å²) in [5, 5.41) is 48.9. The lowest BCUT2D eigenvalue weighted by molar-refractivity contribution is -0.144. The van der Waals surface area contributed by atoms with E-state index in [1.54, 1.807) is 0 Å². The molecule has 0 fully saturated rings. The van der Waals surface area contributed by atoms with Gasteiger partial charge in [-0.05, 0) is 38.1 Å². The molecule has 0 saturated heterocycles. The minimum Gasteiger partial charge on any atom is -0.481 e. The molecule has 0 aliphatic rings. The minimum atomic E-state index is -1.29. The molecule has 0 rings (SSSR count). The van der Waals surface area contributed by atoms with Gasteiger partial charge in [0.25, 0.3) is 0 Å². The first-order valence-corrected chi connectivity index (χ1v) is 11.4. The highest BCUT2D eigenvalue weighted by molar-refractivity contribution is 5.80. The molecule has 17 heteroatoms. The number of carbonyl (C=O) groups is 6. The predicted octanol–water partition coefficient (Wildman–Crippen LogP) is -1.89. The van der Waals surface area contributed by atoms with Gasteiger partial charge in [0.2, 0.25) is 0 Å². The monoisotopic (exact) mass is 557 g/mol. The Morgan fingerprint density at radius 1 is 0.579 bits per heavy atom. The molecule has 16 N–H and O–H groups in total.